The van der Waals surface area contributed by atoms with Gasteiger partial charge in [0, 0.05) is 27.1 Å². The Balaban J connectivity index is 0.00000225. The maximum absolute atomic E-state index is 5.54. The Morgan fingerprint density at radius 3 is 2.88 bits per heavy atom. The van der Waals surface area contributed by atoms with Crippen LogP contribution in [0.2, 0.25) is 0 Å². The quantitative estimate of drug-likeness (QED) is 0.406. The molecule has 0 saturated carbocycles. The average Bonchev–Trinajstić information content (AvgIpc) is 3.18. The molecule has 0 amide bonds. The molecule has 2 aromatic rings. The Bertz CT molecular complexity index is 743. The van der Waals surface area contributed by atoms with Gasteiger partial charge >= 0.3 is 0 Å². The van der Waals surface area contributed by atoms with E-state index in [9.17, 15) is 0 Å². The molecular formula is C17H25IN6O. The summed E-state index contributed by atoms with van der Waals surface area (Å²) in [5.74, 6) is 3.58. The first kappa shape index (κ1) is 19.5. The summed E-state index contributed by atoms with van der Waals surface area (Å²) < 4.78 is 7.51. The largest absolute Gasteiger partial charge is 0.493 e. The Kier molecular flexibility index (Phi) is 7.03. The number of guanidine groups is 1. The van der Waals surface area contributed by atoms with E-state index in [1.165, 1.54) is 11.1 Å². The molecule has 2 N–H and O–H groups in total. The lowest BCUT2D eigenvalue weighted by Gasteiger charge is -2.12. The fourth-order valence-corrected chi connectivity index (χ4v) is 2.71. The third-order valence-electron chi connectivity index (χ3n) is 4.28. The molecule has 1 aromatic heterocycles. The van der Waals surface area contributed by atoms with Crippen molar-refractivity contribution in [3.8, 4) is 5.75 Å². The van der Waals surface area contributed by atoms with Gasteiger partial charge in [0.15, 0.2) is 11.8 Å². The maximum Gasteiger partial charge on any atom is 0.191 e. The van der Waals surface area contributed by atoms with E-state index in [0.717, 1.165) is 49.4 Å². The lowest BCUT2D eigenvalue weighted by atomic mass is 10.1. The Morgan fingerprint density at radius 1 is 1.32 bits per heavy atom. The second-order valence-corrected chi connectivity index (χ2v) is 5.87. The highest BCUT2D eigenvalue weighted by Crippen LogP contribution is 2.25. The Hall–Kier alpha value is -1.84. The predicted octanol–water partition coefficient (Wildman–Crippen LogP) is 1.58. The number of hydrogen-bond acceptors (Lipinski definition) is 4. The van der Waals surface area contributed by atoms with Crippen molar-refractivity contribution in [3.63, 3.8) is 0 Å². The molecule has 0 unspecified atom stereocenters. The summed E-state index contributed by atoms with van der Waals surface area (Å²) in [6.45, 7) is 4.14. The maximum atomic E-state index is 5.54. The van der Waals surface area contributed by atoms with E-state index < -0.39 is 0 Å². The number of aromatic nitrogens is 3. The Morgan fingerprint density at radius 2 is 2.16 bits per heavy atom. The highest BCUT2D eigenvalue weighted by molar-refractivity contribution is 14.0. The first-order chi connectivity index (χ1) is 11.7. The predicted molar refractivity (Wildman–Crippen MR) is 109 cm³/mol. The molecule has 0 radical (unpaired) electrons. The molecule has 0 fully saturated rings. The minimum Gasteiger partial charge on any atom is -0.493 e. The van der Waals surface area contributed by atoms with Gasteiger partial charge in [0.1, 0.15) is 11.6 Å². The van der Waals surface area contributed by atoms with E-state index in [4.69, 9.17) is 4.74 Å². The van der Waals surface area contributed by atoms with Crippen LogP contribution in [0.4, 0.5) is 0 Å². The normalized spacial score (nSPS) is 13.0. The number of nitrogens with zero attached hydrogens (tertiary/aromatic N) is 4. The molecule has 8 heteroatoms. The van der Waals surface area contributed by atoms with Gasteiger partial charge in [-0.2, -0.15) is 0 Å². The van der Waals surface area contributed by atoms with Crippen LogP contribution in [0.15, 0.2) is 23.2 Å². The zero-order chi connectivity index (χ0) is 16.9. The zero-order valence-electron chi connectivity index (χ0n) is 14.9. The summed E-state index contributed by atoms with van der Waals surface area (Å²) >= 11 is 0. The number of aliphatic imine (C=N–C) groups is 1. The number of fused-ring (bicyclic) bond motifs is 1. The number of nitrogens with one attached hydrogen (secondary N) is 2. The van der Waals surface area contributed by atoms with Crippen LogP contribution in [0.1, 0.15) is 22.8 Å². The summed E-state index contributed by atoms with van der Waals surface area (Å²) in [6, 6.07) is 6.44. The highest BCUT2D eigenvalue weighted by atomic mass is 127. The molecule has 1 aliphatic heterocycles. The van der Waals surface area contributed by atoms with Crippen LogP contribution in [0.3, 0.4) is 0 Å². The summed E-state index contributed by atoms with van der Waals surface area (Å²) in [6.07, 6.45) is 1.95. The number of hydrogen-bond donors (Lipinski definition) is 2. The number of benzene rings is 1. The highest BCUT2D eigenvalue weighted by Gasteiger charge is 2.12. The summed E-state index contributed by atoms with van der Waals surface area (Å²) in [7, 11) is 3.73. The van der Waals surface area contributed by atoms with Crippen LogP contribution >= 0.6 is 24.0 Å². The minimum absolute atomic E-state index is 0. The molecule has 7 nitrogen and oxygen atoms in total. The van der Waals surface area contributed by atoms with E-state index >= 15 is 0 Å². The van der Waals surface area contributed by atoms with Crippen molar-refractivity contribution >= 4 is 29.9 Å². The topological polar surface area (TPSA) is 76.4 Å². The number of aryl methyl sites for hydroxylation is 1. The summed E-state index contributed by atoms with van der Waals surface area (Å²) in [5, 5.41) is 14.8. The first-order valence-corrected chi connectivity index (χ1v) is 8.21. The molecule has 0 atom stereocenters. The lowest BCUT2D eigenvalue weighted by molar-refractivity contribution is 0.357. The van der Waals surface area contributed by atoms with Crippen molar-refractivity contribution < 1.29 is 4.74 Å². The second kappa shape index (κ2) is 9.02. The van der Waals surface area contributed by atoms with Crippen LogP contribution in [-0.4, -0.2) is 40.9 Å². The molecule has 0 saturated heterocycles. The van der Waals surface area contributed by atoms with Crippen molar-refractivity contribution in [1.29, 1.82) is 0 Å². The smallest absolute Gasteiger partial charge is 0.191 e. The average molecular weight is 456 g/mol. The van der Waals surface area contributed by atoms with E-state index in [2.05, 4.69) is 44.0 Å². The van der Waals surface area contributed by atoms with E-state index in [0.29, 0.717) is 6.54 Å². The Labute approximate surface area is 165 Å². The molecule has 25 heavy (non-hydrogen) atoms. The monoisotopic (exact) mass is 456 g/mol. The van der Waals surface area contributed by atoms with E-state index in [1.807, 2.05) is 18.5 Å². The van der Waals surface area contributed by atoms with Gasteiger partial charge in [-0.3, -0.25) is 4.99 Å². The van der Waals surface area contributed by atoms with Crippen LogP contribution in [0.25, 0.3) is 0 Å². The lowest BCUT2D eigenvalue weighted by Crippen LogP contribution is -2.38. The minimum atomic E-state index is 0. The van der Waals surface area contributed by atoms with Gasteiger partial charge in [0.25, 0.3) is 0 Å². The SMILES string of the molecule is CN=C(NCCc1ccc2c(c1)CCO2)NCc1nnc(C)n1C.I. The number of halogens is 1. The van der Waals surface area contributed by atoms with Gasteiger partial charge in [-0.05, 0) is 30.5 Å². The molecule has 0 spiro atoms. The fourth-order valence-electron chi connectivity index (χ4n) is 2.71. The van der Waals surface area contributed by atoms with Crippen LogP contribution < -0.4 is 15.4 Å². The summed E-state index contributed by atoms with van der Waals surface area (Å²) in [4.78, 5) is 4.25. The molecule has 0 bridgehead atoms. The van der Waals surface area contributed by atoms with Crippen molar-refractivity contribution in [1.82, 2.24) is 25.4 Å². The van der Waals surface area contributed by atoms with Gasteiger partial charge < -0.3 is 19.9 Å². The molecule has 2 heterocycles. The molecule has 3 rings (SSSR count). The number of ether oxygens (including phenoxy) is 1. The van der Waals surface area contributed by atoms with Crippen LogP contribution in [-0.2, 0) is 26.4 Å². The van der Waals surface area contributed by atoms with Gasteiger partial charge in [-0.25, -0.2) is 0 Å². The van der Waals surface area contributed by atoms with Crippen LogP contribution in [0, 0.1) is 6.92 Å². The van der Waals surface area contributed by atoms with Crippen molar-refractivity contribution in [2.24, 2.45) is 12.0 Å². The van der Waals surface area contributed by atoms with E-state index in [-0.39, 0.29) is 24.0 Å². The van der Waals surface area contributed by atoms with Gasteiger partial charge in [-0.15, -0.1) is 34.2 Å². The van der Waals surface area contributed by atoms with E-state index in [1.54, 1.807) is 7.05 Å². The third kappa shape index (κ3) is 4.83. The molecule has 1 aliphatic rings. The second-order valence-electron chi connectivity index (χ2n) is 5.87. The first-order valence-electron chi connectivity index (χ1n) is 8.21. The van der Waals surface area contributed by atoms with Crippen molar-refractivity contribution in [2.75, 3.05) is 20.2 Å². The molecular weight excluding hydrogens is 431 g/mol. The van der Waals surface area contributed by atoms with Crippen molar-refractivity contribution in [3.05, 3.63) is 41.0 Å². The van der Waals surface area contributed by atoms with Gasteiger partial charge in [-0.1, -0.05) is 12.1 Å². The number of rotatable bonds is 5. The molecule has 1 aromatic carbocycles. The zero-order valence-corrected chi connectivity index (χ0v) is 17.2. The molecule has 136 valence electrons. The fraction of sp³-hybridized carbons (Fsp3) is 0.471. The summed E-state index contributed by atoms with van der Waals surface area (Å²) in [5.41, 5.74) is 2.62. The van der Waals surface area contributed by atoms with Gasteiger partial charge in [0.05, 0.1) is 13.2 Å². The van der Waals surface area contributed by atoms with Crippen molar-refractivity contribution in [2.45, 2.75) is 26.3 Å². The standard InChI is InChI=1S/C17H24N6O.HI/c1-12-21-22-16(23(12)3)11-20-17(18-2)19-8-6-13-4-5-15-14(10-13)7-9-24-15;/h4-5,10H,6-9,11H2,1-3H3,(H2,18,19,20);1H. The molecule has 0 aliphatic carbocycles. The van der Waals surface area contributed by atoms with Crippen LogP contribution in [0.5, 0.6) is 5.75 Å². The van der Waals surface area contributed by atoms with Gasteiger partial charge in [0.2, 0.25) is 0 Å². The third-order valence-corrected chi connectivity index (χ3v) is 4.28.